The molecule has 0 spiro atoms. The fourth-order valence-electron chi connectivity index (χ4n) is 2.66. The lowest BCUT2D eigenvalue weighted by atomic mass is 9.92. The van der Waals surface area contributed by atoms with Crippen molar-refractivity contribution in [1.82, 2.24) is 10.2 Å². The van der Waals surface area contributed by atoms with Crippen LogP contribution in [0.4, 0.5) is 0 Å². The Morgan fingerprint density at radius 3 is 2.25 bits per heavy atom. The molecule has 1 saturated heterocycles. The summed E-state index contributed by atoms with van der Waals surface area (Å²) in [6.07, 6.45) is 8.51. The zero-order chi connectivity index (χ0) is 11.4. The highest BCUT2D eigenvalue weighted by Gasteiger charge is 2.26. The van der Waals surface area contributed by atoms with Gasteiger partial charge in [-0.1, -0.05) is 26.7 Å². The van der Waals surface area contributed by atoms with Gasteiger partial charge < -0.3 is 10.2 Å². The lowest BCUT2D eigenvalue weighted by Gasteiger charge is -2.32. The number of nitrogens with zero attached hydrogens (tertiary/aromatic N) is 1. The van der Waals surface area contributed by atoms with Gasteiger partial charge in [0.05, 0.1) is 0 Å². The predicted octanol–water partition coefficient (Wildman–Crippen LogP) is 2.64. The number of nitrogens with one attached hydrogen (secondary N) is 1. The molecule has 1 aliphatic carbocycles. The van der Waals surface area contributed by atoms with Crippen LogP contribution in [-0.4, -0.2) is 37.1 Å². The molecule has 1 heterocycles. The third kappa shape index (κ3) is 4.42. The van der Waals surface area contributed by atoms with Gasteiger partial charge in [0.15, 0.2) is 0 Å². The van der Waals surface area contributed by atoms with Gasteiger partial charge in [0.1, 0.15) is 0 Å². The van der Waals surface area contributed by atoms with E-state index in [0.717, 1.165) is 6.04 Å². The van der Waals surface area contributed by atoms with Crippen LogP contribution in [0.15, 0.2) is 0 Å². The highest BCUT2D eigenvalue weighted by Crippen LogP contribution is 2.23. The maximum absolute atomic E-state index is 3.68. The summed E-state index contributed by atoms with van der Waals surface area (Å²) < 4.78 is 0. The number of rotatable bonds is 5. The van der Waals surface area contributed by atoms with Crippen LogP contribution in [0.5, 0.6) is 0 Å². The van der Waals surface area contributed by atoms with Gasteiger partial charge in [-0.2, -0.15) is 0 Å². The molecule has 0 aromatic heterocycles. The molecule has 1 saturated carbocycles. The van der Waals surface area contributed by atoms with Gasteiger partial charge in [-0.3, -0.25) is 0 Å². The molecule has 0 unspecified atom stereocenters. The third-order valence-corrected chi connectivity index (χ3v) is 3.80. The Kier molecular flexibility index (Phi) is 4.26. The summed E-state index contributed by atoms with van der Waals surface area (Å²) in [5.41, 5.74) is 0.437. The Bertz CT molecular complexity index is 201. The molecule has 2 aliphatic rings. The van der Waals surface area contributed by atoms with Gasteiger partial charge in [0, 0.05) is 19.1 Å². The summed E-state index contributed by atoms with van der Waals surface area (Å²) in [7, 11) is 0. The normalized spacial score (nSPS) is 24.4. The molecule has 1 N–H and O–H groups in total. The molecule has 0 aromatic carbocycles. The number of hydrogen-bond donors (Lipinski definition) is 1. The summed E-state index contributed by atoms with van der Waals surface area (Å²) >= 11 is 0. The van der Waals surface area contributed by atoms with E-state index in [1.54, 1.807) is 0 Å². The van der Waals surface area contributed by atoms with Crippen LogP contribution in [0.3, 0.4) is 0 Å². The van der Waals surface area contributed by atoms with E-state index in [-0.39, 0.29) is 0 Å². The van der Waals surface area contributed by atoms with Gasteiger partial charge in [0.25, 0.3) is 0 Å². The van der Waals surface area contributed by atoms with E-state index in [1.165, 1.54) is 64.7 Å². The van der Waals surface area contributed by atoms with Crippen molar-refractivity contribution in [1.29, 1.82) is 0 Å². The van der Waals surface area contributed by atoms with E-state index < -0.39 is 0 Å². The monoisotopic (exact) mass is 224 g/mol. The summed E-state index contributed by atoms with van der Waals surface area (Å²) in [5.74, 6) is 0. The van der Waals surface area contributed by atoms with Gasteiger partial charge in [-0.25, -0.2) is 0 Å². The molecule has 0 bridgehead atoms. The Hall–Kier alpha value is -0.0800. The first-order chi connectivity index (χ1) is 7.66. The Morgan fingerprint density at radius 2 is 1.69 bits per heavy atom. The second-order valence-corrected chi connectivity index (χ2v) is 6.51. The van der Waals surface area contributed by atoms with E-state index in [2.05, 4.69) is 24.1 Å². The minimum absolute atomic E-state index is 0.437. The van der Waals surface area contributed by atoms with Crippen LogP contribution >= 0.6 is 0 Å². The molecule has 2 rings (SSSR count). The topological polar surface area (TPSA) is 15.3 Å². The number of hydrogen-bond acceptors (Lipinski definition) is 2. The second kappa shape index (κ2) is 5.50. The predicted molar refractivity (Wildman–Crippen MR) is 69.7 cm³/mol. The number of likely N-dealkylation sites (tertiary alicyclic amines) is 1. The lowest BCUT2D eigenvalue weighted by molar-refractivity contribution is 0.178. The van der Waals surface area contributed by atoms with Gasteiger partial charge >= 0.3 is 0 Å². The third-order valence-electron chi connectivity index (χ3n) is 3.80. The van der Waals surface area contributed by atoms with Crippen LogP contribution < -0.4 is 5.32 Å². The van der Waals surface area contributed by atoms with E-state index in [0.29, 0.717) is 5.41 Å². The standard InChI is InChI=1S/C14H28N2/c1-14(2,11-15-13-7-8-13)12-16-9-5-3-4-6-10-16/h13,15H,3-12H2,1-2H3. The minimum Gasteiger partial charge on any atom is -0.313 e. The fraction of sp³-hybridized carbons (Fsp3) is 1.00. The molecule has 2 fully saturated rings. The van der Waals surface area contributed by atoms with E-state index in [4.69, 9.17) is 0 Å². The largest absolute Gasteiger partial charge is 0.313 e. The van der Waals surface area contributed by atoms with Gasteiger partial charge in [0.2, 0.25) is 0 Å². The molecule has 16 heavy (non-hydrogen) atoms. The highest BCUT2D eigenvalue weighted by molar-refractivity contribution is 4.85. The molecule has 0 radical (unpaired) electrons. The summed E-state index contributed by atoms with van der Waals surface area (Å²) in [6.45, 7) is 9.93. The average Bonchev–Trinajstić information content (AvgIpc) is 3.02. The van der Waals surface area contributed by atoms with Crippen molar-refractivity contribution in [2.24, 2.45) is 5.41 Å². The van der Waals surface area contributed by atoms with Crippen LogP contribution in [-0.2, 0) is 0 Å². The van der Waals surface area contributed by atoms with E-state index >= 15 is 0 Å². The summed E-state index contributed by atoms with van der Waals surface area (Å²) in [4.78, 5) is 2.68. The van der Waals surface area contributed by atoms with Gasteiger partial charge in [-0.15, -0.1) is 0 Å². The van der Waals surface area contributed by atoms with Crippen molar-refractivity contribution >= 4 is 0 Å². The van der Waals surface area contributed by atoms with Crippen molar-refractivity contribution < 1.29 is 0 Å². The van der Waals surface area contributed by atoms with Crippen molar-refractivity contribution in [3.05, 3.63) is 0 Å². The molecular formula is C14H28N2. The van der Waals surface area contributed by atoms with Crippen LogP contribution in [0.25, 0.3) is 0 Å². The first kappa shape index (κ1) is 12.4. The average molecular weight is 224 g/mol. The molecule has 0 atom stereocenters. The Morgan fingerprint density at radius 1 is 1.06 bits per heavy atom. The second-order valence-electron chi connectivity index (χ2n) is 6.51. The molecule has 2 nitrogen and oxygen atoms in total. The summed E-state index contributed by atoms with van der Waals surface area (Å²) in [5, 5.41) is 3.68. The van der Waals surface area contributed by atoms with E-state index in [9.17, 15) is 0 Å². The lowest BCUT2D eigenvalue weighted by Crippen LogP contribution is -2.41. The first-order valence-electron chi connectivity index (χ1n) is 7.11. The maximum atomic E-state index is 3.68. The fourth-order valence-corrected chi connectivity index (χ4v) is 2.66. The van der Waals surface area contributed by atoms with Crippen molar-refractivity contribution in [2.45, 2.75) is 58.4 Å². The van der Waals surface area contributed by atoms with Crippen LogP contribution in [0.2, 0.25) is 0 Å². The Labute approximate surface area is 101 Å². The van der Waals surface area contributed by atoms with Crippen LogP contribution in [0, 0.1) is 5.41 Å². The summed E-state index contributed by atoms with van der Waals surface area (Å²) in [6, 6.07) is 0.850. The molecule has 2 heteroatoms. The molecule has 0 aromatic rings. The van der Waals surface area contributed by atoms with Crippen molar-refractivity contribution in [3.63, 3.8) is 0 Å². The quantitative estimate of drug-likeness (QED) is 0.772. The first-order valence-corrected chi connectivity index (χ1v) is 7.11. The van der Waals surface area contributed by atoms with Crippen molar-refractivity contribution in [2.75, 3.05) is 26.2 Å². The SMILES string of the molecule is CC(C)(CNC1CC1)CN1CCCCCC1. The molecule has 1 aliphatic heterocycles. The molecule has 0 amide bonds. The van der Waals surface area contributed by atoms with Gasteiger partial charge in [-0.05, 0) is 44.2 Å². The van der Waals surface area contributed by atoms with E-state index in [1.807, 2.05) is 0 Å². The van der Waals surface area contributed by atoms with Crippen molar-refractivity contribution in [3.8, 4) is 0 Å². The van der Waals surface area contributed by atoms with Crippen LogP contribution in [0.1, 0.15) is 52.4 Å². The highest BCUT2D eigenvalue weighted by atomic mass is 15.1. The Balaban J connectivity index is 1.71. The molecular weight excluding hydrogens is 196 g/mol. The molecule has 94 valence electrons. The smallest absolute Gasteiger partial charge is 0.00684 e. The maximum Gasteiger partial charge on any atom is 0.00684 e. The zero-order valence-corrected chi connectivity index (χ0v) is 11.1. The zero-order valence-electron chi connectivity index (χ0n) is 11.1. The minimum atomic E-state index is 0.437.